The van der Waals surface area contributed by atoms with E-state index in [1.54, 1.807) is 11.3 Å². The van der Waals surface area contributed by atoms with Crippen LogP contribution in [0.25, 0.3) is 21.3 Å². The van der Waals surface area contributed by atoms with Gasteiger partial charge in [-0.3, -0.25) is 9.36 Å². The van der Waals surface area contributed by atoms with E-state index in [4.69, 9.17) is 4.98 Å². The monoisotopic (exact) mass is 397 g/mol. The van der Waals surface area contributed by atoms with Gasteiger partial charge in [0, 0.05) is 30.0 Å². The first-order valence-electron chi connectivity index (χ1n) is 10.2. The zero-order valence-electron chi connectivity index (χ0n) is 17.9. The first-order chi connectivity index (χ1) is 13.4. The van der Waals surface area contributed by atoms with Gasteiger partial charge in [0.25, 0.3) is 5.56 Å². The quantitative estimate of drug-likeness (QED) is 0.566. The summed E-state index contributed by atoms with van der Waals surface area (Å²) in [6.45, 7) is 16.3. The Morgan fingerprint density at radius 2 is 1.79 bits per heavy atom. The van der Waals surface area contributed by atoms with Gasteiger partial charge in [-0.25, -0.2) is 4.98 Å². The number of likely N-dealkylation sites (N-methyl/N-ethyl adjacent to an activating group) is 1. The molecule has 0 spiro atoms. The van der Waals surface area contributed by atoms with Crippen molar-refractivity contribution < 1.29 is 0 Å². The third-order valence-corrected chi connectivity index (χ3v) is 6.71. The van der Waals surface area contributed by atoms with Crippen LogP contribution in [-0.4, -0.2) is 34.1 Å². The van der Waals surface area contributed by atoms with Crippen molar-refractivity contribution in [2.24, 2.45) is 0 Å². The summed E-state index contributed by atoms with van der Waals surface area (Å²) in [6.07, 6.45) is 0.763. The molecule has 0 N–H and O–H groups in total. The molecule has 0 radical (unpaired) electrons. The Morgan fingerprint density at radius 3 is 2.39 bits per heavy atom. The fraction of sp³-hybridized carbons (Fsp3) is 0.478. The molecule has 0 aliphatic carbocycles. The van der Waals surface area contributed by atoms with Gasteiger partial charge in [0.15, 0.2) is 0 Å². The molecule has 0 saturated heterocycles. The number of hydrogen-bond acceptors (Lipinski definition) is 4. The van der Waals surface area contributed by atoms with E-state index in [9.17, 15) is 4.79 Å². The highest BCUT2D eigenvalue weighted by Gasteiger charge is 2.19. The molecule has 2 aromatic heterocycles. The van der Waals surface area contributed by atoms with E-state index < -0.39 is 0 Å². The molecule has 5 heteroatoms. The van der Waals surface area contributed by atoms with Crippen LogP contribution < -0.4 is 5.56 Å². The van der Waals surface area contributed by atoms with Crippen LogP contribution in [0.1, 0.15) is 42.6 Å². The van der Waals surface area contributed by atoms with Crippen LogP contribution in [0, 0.1) is 20.8 Å². The summed E-state index contributed by atoms with van der Waals surface area (Å²) in [5.41, 5.74) is 4.79. The van der Waals surface area contributed by atoms with Crippen molar-refractivity contribution >= 4 is 21.6 Å². The lowest BCUT2D eigenvalue weighted by Crippen LogP contribution is -2.33. The normalized spacial score (nSPS) is 11.7. The third-order valence-electron chi connectivity index (χ3n) is 5.71. The Morgan fingerprint density at radius 1 is 1.07 bits per heavy atom. The Hall–Kier alpha value is -1.98. The summed E-state index contributed by atoms with van der Waals surface area (Å²) in [4.78, 5) is 22.8. The Bertz CT molecular complexity index is 1040. The van der Waals surface area contributed by atoms with E-state index in [-0.39, 0.29) is 5.56 Å². The standard InChI is InChI=1S/C23H31N3OS/c1-7-19-24-22-21(23(27)26(19)13-12-25(8-2)9-3)20(17(6)28-22)18-11-10-15(4)16(5)14-18/h10-11,14H,7-9,12-13H2,1-6H3. The summed E-state index contributed by atoms with van der Waals surface area (Å²) >= 11 is 1.63. The van der Waals surface area contributed by atoms with Crippen LogP contribution in [0.15, 0.2) is 23.0 Å². The number of rotatable bonds is 7. The van der Waals surface area contributed by atoms with Gasteiger partial charge >= 0.3 is 0 Å². The molecule has 0 unspecified atom stereocenters. The van der Waals surface area contributed by atoms with Crippen LogP contribution in [0.5, 0.6) is 0 Å². The highest BCUT2D eigenvalue weighted by Crippen LogP contribution is 2.36. The lowest BCUT2D eigenvalue weighted by atomic mass is 9.99. The Balaban J connectivity index is 2.19. The van der Waals surface area contributed by atoms with E-state index in [1.807, 2.05) is 4.57 Å². The minimum atomic E-state index is 0.103. The van der Waals surface area contributed by atoms with Gasteiger partial charge in [0.1, 0.15) is 10.7 Å². The fourth-order valence-corrected chi connectivity index (χ4v) is 4.82. The lowest BCUT2D eigenvalue weighted by molar-refractivity contribution is 0.287. The van der Waals surface area contributed by atoms with Crippen molar-refractivity contribution in [2.75, 3.05) is 19.6 Å². The van der Waals surface area contributed by atoms with Gasteiger partial charge in [0.05, 0.1) is 5.39 Å². The summed E-state index contributed by atoms with van der Waals surface area (Å²) in [5, 5.41) is 0.780. The van der Waals surface area contributed by atoms with Gasteiger partial charge < -0.3 is 4.90 Å². The van der Waals surface area contributed by atoms with E-state index in [0.29, 0.717) is 6.54 Å². The van der Waals surface area contributed by atoms with Gasteiger partial charge in [-0.05, 0) is 50.6 Å². The minimum Gasteiger partial charge on any atom is -0.302 e. The van der Waals surface area contributed by atoms with Crippen molar-refractivity contribution in [1.82, 2.24) is 14.5 Å². The van der Waals surface area contributed by atoms with Crippen LogP contribution >= 0.6 is 11.3 Å². The predicted molar refractivity (Wildman–Crippen MR) is 121 cm³/mol. The van der Waals surface area contributed by atoms with Crippen molar-refractivity contribution in [3.05, 3.63) is 50.4 Å². The summed E-state index contributed by atoms with van der Waals surface area (Å²) in [5.74, 6) is 0.887. The van der Waals surface area contributed by atoms with E-state index >= 15 is 0 Å². The Labute approximate surface area is 171 Å². The summed E-state index contributed by atoms with van der Waals surface area (Å²) in [6, 6.07) is 6.46. The molecule has 0 saturated carbocycles. The highest BCUT2D eigenvalue weighted by molar-refractivity contribution is 7.19. The molecule has 0 aliphatic heterocycles. The van der Waals surface area contributed by atoms with Gasteiger partial charge in [-0.2, -0.15) is 0 Å². The lowest BCUT2D eigenvalue weighted by Gasteiger charge is -2.20. The molecule has 3 aromatic rings. The van der Waals surface area contributed by atoms with E-state index in [1.165, 1.54) is 11.1 Å². The molecular weight excluding hydrogens is 366 g/mol. The van der Waals surface area contributed by atoms with Gasteiger partial charge in [0.2, 0.25) is 0 Å². The average molecular weight is 398 g/mol. The molecule has 3 rings (SSSR count). The molecule has 0 amide bonds. The first kappa shape index (κ1) is 20.7. The second-order valence-electron chi connectivity index (χ2n) is 7.38. The number of fused-ring (bicyclic) bond motifs is 1. The molecule has 28 heavy (non-hydrogen) atoms. The van der Waals surface area contributed by atoms with Crippen molar-refractivity contribution in [2.45, 2.75) is 54.5 Å². The second-order valence-corrected chi connectivity index (χ2v) is 8.58. The molecule has 0 atom stereocenters. The topological polar surface area (TPSA) is 38.1 Å². The van der Waals surface area contributed by atoms with Crippen LogP contribution in [-0.2, 0) is 13.0 Å². The van der Waals surface area contributed by atoms with Crippen molar-refractivity contribution in [1.29, 1.82) is 0 Å². The Kier molecular flexibility index (Phi) is 6.36. The van der Waals surface area contributed by atoms with Crippen molar-refractivity contribution in [3.63, 3.8) is 0 Å². The summed E-state index contributed by atoms with van der Waals surface area (Å²) < 4.78 is 1.90. The van der Waals surface area contributed by atoms with E-state index in [2.05, 4.69) is 64.6 Å². The summed E-state index contributed by atoms with van der Waals surface area (Å²) in [7, 11) is 0. The molecule has 0 fully saturated rings. The average Bonchev–Trinajstić information content (AvgIpc) is 3.02. The molecule has 150 valence electrons. The third kappa shape index (κ3) is 3.78. The smallest absolute Gasteiger partial charge is 0.262 e. The molecule has 0 aliphatic rings. The maximum atomic E-state index is 13.6. The largest absolute Gasteiger partial charge is 0.302 e. The number of hydrogen-bond donors (Lipinski definition) is 0. The van der Waals surface area contributed by atoms with Crippen LogP contribution in [0.2, 0.25) is 0 Å². The zero-order chi connectivity index (χ0) is 20.4. The molecule has 4 nitrogen and oxygen atoms in total. The number of benzene rings is 1. The van der Waals surface area contributed by atoms with Gasteiger partial charge in [-0.1, -0.05) is 39.0 Å². The first-order valence-corrected chi connectivity index (χ1v) is 11.1. The van der Waals surface area contributed by atoms with Crippen molar-refractivity contribution in [3.8, 4) is 11.1 Å². The predicted octanol–water partition coefficient (Wildman–Crippen LogP) is 4.95. The van der Waals surface area contributed by atoms with E-state index in [0.717, 1.165) is 58.1 Å². The molecule has 2 heterocycles. The molecule has 0 bridgehead atoms. The number of aryl methyl sites for hydroxylation is 4. The number of nitrogens with zero attached hydrogens (tertiary/aromatic N) is 3. The number of thiophene rings is 1. The SMILES string of the molecule is CCc1nc2sc(C)c(-c3ccc(C)c(C)c3)c2c(=O)n1CCN(CC)CC. The highest BCUT2D eigenvalue weighted by atomic mass is 32.1. The maximum Gasteiger partial charge on any atom is 0.262 e. The molecular formula is C23H31N3OS. The second kappa shape index (κ2) is 8.58. The van der Waals surface area contributed by atoms with Crippen LogP contribution in [0.4, 0.5) is 0 Å². The number of aromatic nitrogens is 2. The maximum absolute atomic E-state index is 13.6. The molecule has 1 aromatic carbocycles. The fourth-order valence-electron chi connectivity index (χ4n) is 3.76. The van der Waals surface area contributed by atoms with Crippen LogP contribution in [0.3, 0.4) is 0 Å². The zero-order valence-corrected chi connectivity index (χ0v) is 18.7. The van der Waals surface area contributed by atoms with Gasteiger partial charge in [-0.15, -0.1) is 11.3 Å². The minimum absolute atomic E-state index is 0.103.